The molecule has 0 spiro atoms. The van der Waals surface area contributed by atoms with Gasteiger partial charge in [0.25, 0.3) is 0 Å². The van der Waals surface area contributed by atoms with Crippen molar-refractivity contribution in [3.05, 3.63) is 94.0 Å². The van der Waals surface area contributed by atoms with Crippen molar-refractivity contribution < 1.29 is 9.47 Å². The highest BCUT2D eigenvalue weighted by atomic mass is 79.9. The highest BCUT2D eigenvalue weighted by molar-refractivity contribution is 9.10. The second-order valence-corrected chi connectivity index (χ2v) is 9.23. The van der Waals surface area contributed by atoms with Crippen LogP contribution in [-0.2, 0) is 0 Å². The van der Waals surface area contributed by atoms with Crippen molar-refractivity contribution in [1.82, 2.24) is 0 Å². The van der Waals surface area contributed by atoms with E-state index in [-0.39, 0.29) is 0 Å². The van der Waals surface area contributed by atoms with E-state index in [0.29, 0.717) is 36.0 Å². The van der Waals surface area contributed by atoms with Crippen LogP contribution in [-0.4, -0.2) is 19.9 Å². The summed E-state index contributed by atoms with van der Waals surface area (Å²) in [7, 11) is 1.64. The number of nitrogens with one attached hydrogen (secondary N) is 1. The molecule has 1 heterocycles. The highest BCUT2D eigenvalue weighted by Crippen LogP contribution is 2.49. The quantitative estimate of drug-likeness (QED) is 0.281. The lowest BCUT2D eigenvalue weighted by atomic mass is 9.77. The molecule has 3 atom stereocenters. The van der Waals surface area contributed by atoms with Gasteiger partial charge in [-0.05, 0) is 82.2 Å². The summed E-state index contributed by atoms with van der Waals surface area (Å²) in [6, 6.07) is 21.5. The lowest BCUT2D eigenvalue weighted by Gasteiger charge is -2.37. The number of ether oxygens (including phenoxy) is 2. The van der Waals surface area contributed by atoms with Crippen LogP contribution in [0.15, 0.2) is 82.3 Å². The predicted octanol–water partition coefficient (Wildman–Crippen LogP) is 7.43. The maximum absolute atomic E-state index is 5.71. The lowest BCUT2D eigenvalue weighted by molar-refractivity contribution is 0.310. The van der Waals surface area contributed by atoms with Crippen molar-refractivity contribution in [2.75, 3.05) is 19.0 Å². The van der Waals surface area contributed by atoms with Crippen LogP contribution in [0, 0.1) is 5.92 Å². The Morgan fingerprint density at radius 2 is 1.94 bits per heavy atom. The van der Waals surface area contributed by atoms with Gasteiger partial charge in [0.1, 0.15) is 0 Å². The molecular weight excluding hydrogens is 476 g/mol. The van der Waals surface area contributed by atoms with Gasteiger partial charge in [-0.1, -0.05) is 42.5 Å². The van der Waals surface area contributed by atoms with E-state index >= 15 is 0 Å². The number of allylic oxidation sites excluding steroid dienone is 2. The van der Waals surface area contributed by atoms with Crippen LogP contribution in [0.2, 0.25) is 0 Å². The predicted molar refractivity (Wildman–Crippen MR) is 138 cm³/mol. The number of hydrogen-bond acceptors (Lipinski definition) is 4. The summed E-state index contributed by atoms with van der Waals surface area (Å²) in [6.07, 6.45) is 7.66. The topological polar surface area (TPSA) is 42.8 Å². The number of methoxy groups -OCH3 is 1. The number of aliphatic imine (C=N–C) groups is 1. The molecule has 0 bridgehead atoms. The number of nitrogens with zero attached hydrogens (tertiary/aromatic N) is 1. The number of hydrogen-bond donors (Lipinski definition) is 1. The van der Waals surface area contributed by atoms with Gasteiger partial charge in [-0.2, -0.15) is 0 Å². The van der Waals surface area contributed by atoms with Gasteiger partial charge in [0.2, 0.25) is 0 Å². The third kappa shape index (κ3) is 4.30. The molecule has 1 aliphatic heterocycles. The fraction of sp³-hybridized carbons (Fsp3) is 0.250. The van der Waals surface area contributed by atoms with Gasteiger partial charge in [0, 0.05) is 17.8 Å². The van der Waals surface area contributed by atoms with Gasteiger partial charge in [-0.25, -0.2) is 0 Å². The first-order valence-corrected chi connectivity index (χ1v) is 12.1. The zero-order valence-corrected chi connectivity index (χ0v) is 20.4. The Morgan fingerprint density at radius 3 is 2.73 bits per heavy atom. The summed E-state index contributed by atoms with van der Waals surface area (Å²) < 4.78 is 12.0. The normalized spacial score (nSPS) is 20.9. The van der Waals surface area contributed by atoms with E-state index in [4.69, 9.17) is 9.47 Å². The first-order chi connectivity index (χ1) is 16.2. The molecule has 2 aliphatic rings. The third-order valence-electron chi connectivity index (χ3n) is 6.42. The summed E-state index contributed by atoms with van der Waals surface area (Å²) in [5.41, 5.74) is 5.81. The largest absolute Gasteiger partial charge is 0.492 e. The van der Waals surface area contributed by atoms with Crippen molar-refractivity contribution in [2.45, 2.75) is 25.3 Å². The Hall–Kier alpha value is -3.05. The molecule has 0 radical (unpaired) electrons. The number of benzene rings is 3. The minimum Gasteiger partial charge on any atom is -0.492 e. The van der Waals surface area contributed by atoms with Crippen molar-refractivity contribution in [3.63, 3.8) is 0 Å². The zero-order chi connectivity index (χ0) is 22.8. The molecule has 3 aromatic rings. The lowest BCUT2D eigenvalue weighted by Crippen LogP contribution is -2.28. The summed E-state index contributed by atoms with van der Waals surface area (Å²) in [5, 5.41) is 3.79. The van der Waals surface area contributed by atoms with Gasteiger partial charge in [-0.15, -0.1) is 0 Å². The minimum absolute atomic E-state index is 0.296. The van der Waals surface area contributed by atoms with E-state index in [1.807, 2.05) is 25.3 Å². The molecule has 0 aromatic heterocycles. The van der Waals surface area contributed by atoms with E-state index in [1.54, 1.807) is 7.11 Å². The number of fused-ring (bicyclic) bond motifs is 3. The Morgan fingerprint density at radius 1 is 1.12 bits per heavy atom. The first kappa shape index (κ1) is 21.8. The van der Waals surface area contributed by atoms with Gasteiger partial charge >= 0.3 is 0 Å². The van der Waals surface area contributed by atoms with Crippen LogP contribution in [0.1, 0.15) is 42.0 Å². The Bertz CT molecular complexity index is 1200. The number of anilines is 1. The van der Waals surface area contributed by atoms with Crippen LogP contribution in [0.5, 0.6) is 11.5 Å². The highest BCUT2D eigenvalue weighted by Gasteiger charge is 2.37. The van der Waals surface area contributed by atoms with Crippen molar-refractivity contribution in [3.8, 4) is 11.5 Å². The fourth-order valence-electron chi connectivity index (χ4n) is 4.91. The standard InChI is InChI=1S/C28H27BrN2O2/c1-3-33-26-16-18(15-24(29)28(26)32-2)17-30-20-13-11-19(12-14-20)27-23-9-6-8-21(23)22-7-4-5-10-25(22)31-27/h4-8,10-17,21,23,27,31H,3,9H2,1-2H3/t21-,23+,27-/m0/s1. The van der Waals surface area contributed by atoms with E-state index in [1.165, 1.54) is 16.8 Å². The molecule has 1 aliphatic carbocycles. The number of para-hydroxylation sites is 1. The van der Waals surface area contributed by atoms with Crippen LogP contribution in [0.4, 0.5) is 11.4 Å². The molecule has 4 nitrogen and oxygen atoms in total. The zero-order valence-electron chi connectivity index (χ0n) is 18.8. The van der Waals surface area contributed by atoms with E-state index in [0.717, 1.165) is 22.1 Å². The van der Waals surface area contributed by atoms with Crippen LogP contribution < -0.4 is 14.8 Å². The Kier molecular flexibility index (Phi) is 6.23. The summed E-state index contributed by atoms with van der Waals surface area (Å²) >= 11 is 3.56. The monoisotopic (exact) mass is 502 g/mol. The smallest absolute Gasteiger partial charge is 0.174 e. The second-order valence-electron chi connectivity index (χ2n) is 8.38. The maximum atomic E-state index is 5.71. The van der Waals surface area contributed by atoms with Crippen LogP contribution in [0.25, 0.3) is 0 Å². The first-order valence-electron chi connectivity index (χ1n) is 11.3. The molecule has 0 unspecified atom stereocenters. The SMILES string of the molecule is CCOc1cc(C=Nc2ccc([C@@H]3Nc4ccccc4[C@@H]4C=CC[C@H]43)cc2)cc(Br)c1OC. The second kappa shape index (κ2) is 9.44. The van der Waals surface area contributed by atoms with Crippen molar-refractivity contribution in [2.24, 2.45) is 10.9 Å². The molecular formula is C28H27BrN2O2. The average molecular weight is 503 g/mol. The van der Waals surface area contributed by atoms with E-state index < -0.39 is 0 Å². The molecule has 0 saturated carbocycles. The molecule has 0 fully saturated rings. The minimum atomic E-state index is 0.296. The van der Waals surface area contributed by atoms with Gasteiger partial charge in [-0.3, -0.25) is 4.99 Å². The molecule has 168 valence electrons. The molecule has 0 saturated heterocycles. The average Bonchev–Trinajstić information content (AvgIpc) is 3.33. The summed E-state index contributed by atoms with van der Waals surface area (Å²) in [4.78, 5) is 4.69. The van der Waals surface area contributed by atoms with Crippen LogP contribution >= 0.6 is 15.9 Å². The number of rotatable bonds is 6. The van der Waals surface area contributed by atoms with Gasteiger partial charge in [0.05, 0.1) is 29.9 Å². The summed E-state index contributed by atoms with van der Waals surface area (Å²) in [5.74, 6) is 2.43. The van der Waals surface area contributed by atoms with E-state index in [9.17, 15) is 0 Å². The van der Waals surface area contributed by atoms with E-state index in [2.05, 4.69) is 86.9 Å². The fourth-order valence-corrected chi connectivity index (χ4v) is 5.54. The molecule has 5 heteroatoms. The summed E-state index contributed by atoms with van der Waals surface area (Å²) in [6.45, 7) is 2.53. The Balaban J connectivity index is 1.36. The molecule has 0 amide bonds. The number of halogens is 1. The third-order valence-corrected chi connectivity index (χ3v) is 7.01. The van der Waals surface area contributed by atoms with Gasteiger partial charge < -0.3 is 14.8 Å². The van der Waals surface area contributed by atoms with Crippen molar-refractivity contribution >= 4 is 33.5 Å². The maximum Gasteiger partial charge on any atom is 0.174 e. The molecule has 33 heavy (non-hydrogen) atoms. The van der Waals surface area contributed by atoms with Crippen molar-refractivity contribution in [1.29, 1.82) is 0 Å². The molecule has 5 rings (SSSR count). The molecule has 1 N–H and O–H groups in total. The van der Waals surface area contributed by atoms with Crippen LogP contribution in [0.3, 0.4) is 0 Å². The Labute approximate surface area is 203 Å². The molecule has 3 aromatic carbocycles. The van der Waals surface area contributed by atoms with Gasteiger partial charge in [0.15, 0.2) is 11.5 Å².